The van der Waals surface area contributed by atoms with Crippen LogP contribution in [0.4, 0.5) is 0 Å². The zero-order chi connectivity index (χ0) is 6.27. The van der Waals surface area contributed by atoms with Crippen LogP contribution in [0.3, 0.4) is 0 Å². The second-order valence-corrected chi connectivity index (χ2v) is 2.84. The van der Waals surface area contributed by atoms with Gasteiger partial charge in [0, 0.05) is 6.54 Å². The number of nitrogens with two attached hydrogens (primary N) is 1. The summed E-state index contributed by atoms with van der Waals surface area (Å²) in [7, 11) is 0. The number of hydrogen-bond donors (Lipinski definition) is 1. The lowest BCUT2D eigenvalue weighted by Crippen LogP contribution is -2.06. The molecule has 48 valence electrons. The van der Waals surface area contributed by atoms with Gasteiger partial charge in [0.15, 0.2) is 0 Å². The van der Waals surface area contributed by atoms with Crippen molar-refractivity contribution in [3.63, 3.8) is 0 Å². The smallest absolute Gasteiger partial charge is 0.0142 e. The van der Waals surface area contributed by atoms with Crippen molar-refractivity contribution in [3.05, 3.63) is 23.8 Å². The molecule has 1 saturated carbocycles. The van der Waals surface area contributed by atoms with E-state index in [2.05, 4.69) is 18.2 Å². The molecule has 0 bridgehead atoms. The van der Waals surface area contributed by atoms with Crippen LogP contribution in [0.2, 0.25) is 0 Å². The van der Waals surface area contributed by atoms with Crippen LogP contribution in [0.1, 0.15) is 6.42 Å². The van der Waals surface area contributed by atoms with Crippen molar-refractivity contribution in [1.29, 1.82) is 0 Å². The average molecular weight is 121 g/mol. The molecule has 1 fully saturated rings. The first-order valence-electron chi connectivity index (χ1n) is 3.49. The van der Waals surface area contributed by atoms with Crippen molar-refractivity contribution in [2.24, 2.45) is 17.6 Å². The summed E-state index contributed by atoms with van der Waals surface area (Å²) in [5.41, 5.74) is 6.96. The molecule has 0 aromatic heterocycles. The quantitative estimate of drug-likeness (QED) is 0.552. The minimum Gasteiger partial charge on any atom is -0.327 e. The number of rotatable bonds is 1. The van der Waals surface area contributed by atoms with Crippen LogP contribution in [0.15, 0.2) is 23.8 Å². The van der Waals surface area contributed by atoms with Gasteiger partial charge >= 0.3 is 0 Å². The normalized spacial score (nSPS) is 37.7. The van der Waals surface area contributed by atoms with E-state index in [1.165, 1.54) is 12.0 Å². The Morgan fingerprint density at radius 3 is 3.22 bits per heavy atom. The predicted molar refractivity (Wildman–Crippen MR) is 37.9 cm³/mol. The Labute approximate surface area is 55.2 Å². The summed E-state index contributed by atoms with van der Waals surface area (Å²) < 4.78 is 0. The Kier molecular flexibility index (Phi) is 0.995. The van der Waals surface area contributed by atoms with Crippen molar-refractivity contribution in [2.75, 3.05) is 6.54 Å². The van der Waals surface area contributed by atoms with Crippen LogP contribution < -0.4 is 5.73 Å². The molecule has 2 aliphatic rings. The van der Waals surface area contributed by atoms with Gasteiger partial charge < -0.3 is 5.73 Å². The van der Waals surface area contributed by atoms with Crippen LogP contribution in [-0.2, 0) is 0 Å². The van der Waals surface area contributed by atoms with E-state index >= 15 is 0 Å². The molecule has 2 N–H and O–H groups in total. The minimum atomic E-state index is 0.755. The van der Waals surface area contributed by atoms with E-state index in [9.17, 15) is 0 Å². The summed E-state index contributed by atoms with van der Waals surface area (Å²) in [6.07, 6.45) is 7.92. The first-order valence-corrected chi connectivity index (χ1v) is 3.49. The maximum absolute atomic E-state index is 5.52. The standard InChI is InChI=1S/C8H11N/c9-5-7-3-1-2-6-4-8(6)7/h1-3,6,8H,4-5,9H2/t6?,8-/m0/s1. The largest absolute Gasteiger partial charge is 0.327 e. The van der Waals surface area contributed by atoms with Gasteiger partial charge in [-0.05, 0) is 18.3 Å². The summed E-state index contributed by atoms with van der Waals surface area (Å²) >= 11 is 0. The van der Waals surface area contributed by atoms with Gasteiger partial charge in [0.25, 0.3) is 0 Å². The SMILES string of the molecule is NCC1=CC=CC2C[C@H]12. The fourth-order valence-corrected chi connectivity index (χ4v) is 1.52. The summed E-state index contributed by atoms with van der Waals surface area (Å²) in [6, 6.07) is 0. The molecule has 1 nitrogen and oxygen atoms in total. The third-order valence-electron chi connectivity index (χ3n) is 2.22. The van der Waals surface area contributed by atoms with E-state index in [-0.39, 0.29) is 0 Å². The number of hydrogen-bond acceptors (Lipinski definition) is 1. The van der Waals surface area contributed by atoms with E-state index < -0.39 is 0 Å². The maximum atomic E-state index is 5.52. The second kappa shape index (κ2) is 1.71. The molecule has 0 saturated heterocycles. The van der Waals surface area contributed by atoms with Crippen LogP contribution in [0, 0.1) is 11.8 Å². The Hall–Kier alpha value is -0.560. The Bertz CT molecular complexity index is 179. The molecule has 0 aromatic rings. The topological polar surface area (TPSA) is 26.0 Å². The average Bonchev–Trinajstić information content (AvgIpc) is 2.64. The lowest BCUT2D eigenvalue weighted by Gasteiger charge is -2.03. The van der Waals surface area contributed by atoms with Gasteiger partial charge in [-0.3, -0.25) is 0 Å². The fourth-order valence-electron chi connectivity index (χ4n) is 1.52. The Morgan fingerprint density at radius 2 is 2.56 bits per heavy atom. The van der Waals surface area contributed by atoms with Gasteiger partial charge in [0.1, 0.15) is 0 Å². The first kappa shape index (κ1) is 5.24. The molecule has 0 spiro atoms. The molecule has 2 rings (SSSR count). The summed E-state index contributed by atoms with van der Waals surface area (Å²) in [4.78, 5) is 0. The lowest BCUT2D eigenvalue weighted by atomic mass is 10.1. The van der Waals surface area contributed by atoms with Gasteiger partial charge in [0.05, 0.1) is 0 Å². The molecule has 0 aliphatic heterocycles. The van der Waals surface area contributed by atoms with E-state index in [4.69, 9.17) is 5.73 Å². The van der Waals surface area contributed by atoms with Crippen molar-refractivity contribution < 1.29 is 0 Å². The van der Waals surface area contributed by atoms with Crippen molar-refractivity contribution >= 4 is 0 Å². The summed E-state index contributed by atoms with van der Waals surface area (Å²) in [5, 5.41) is 0. The molecule has 1 unspecified atom stereocenters. The molecular weight excluding hydrogens is 110 g/mol. The van der Waals surface area contributed by atoms with Crippen LogP contribution >= 0.6 is 0 Å². The molecule has 1 heteroatoms. The van der Waals surface area contributed by atoms with Crippen LogP contribution in [0.25, 0.3) is 0 Å². The number of allylic oxidation sites excluding steroid dienone is 3. The number of fused-ring (bicyclic) bond motifs is 1. The molecule has 0 aromatic carbocycles. The van der Waals surface area contributed by atoms with Crippen molar-refractivity contribution in [3.8, 4) is 0 Å². The summed E-state index contributed by atoms with van der Waals surface area (Å²) in [6.45, 7) is 0.755. The highest BCUT2D eigenvalue weighted by Gasteiger charge is 2.38. The van der Waals surface area contributed by atoms with Gasteiger partial charge in [0.2, 0.25) is 0 Å². The highest BCUT2D eigenvalue weighted by atomic mass is 14.6. The Balaban J connectivity index is 2.20. The van der Waals surface area contributed by atoms with E-state index in [1.807, 2.05) is 0 Å². The minimum absolute atomic E-state index is 0.755. The monoisotopic (exact) mass is 121 g/mol. The zero-order valence-electron chi connectivity index (χ0n) is 5.38. The molecule has 0 radical (unpaired) electrons. The second-order valence-electron chi connectivity index (χ2n) is 2.84. The van der Waals surface area contributed by atoms with Crippen molar-refractivity contribution in [2.45, 2.75) is 6.42 Å². The fraction of sp³-hybridized carbons (Fsp3) is 0.500. The van der Waals surface area contributed by atoms with E-state index in [0.717, 1.165) is 18.4 Å². The van der Waals surface area contributed by atoms with Gasteiger partial charge in [-0.1, -0.05) is 23.8 Å². The van der Waals surface area contributed by atoms with Crippen LogP contribution in [0.5, 0.6) is 0 Å². The maximum Gasteiger partial charge on any atom is 0.0142 e. The summed E-state index contributed by atoms with van der Waals surface area (Å²) in [5.74, 6) is 1.69. The van der Waals surface area contributed by atoms with Crippen LogP contribution in [-0.4, -0.2) is 6.54 Å². The highest BCUT2D eigenvalue weighted by Crippen LogP contribution is 2.46. The molecular formula is C8H11N. The zero-order valence-corrected chi connectivity index (χ0v) is 5.38. The third-order valence-corrected chi connectivity index (χ3v) is 2.22. The van der Waals surface area contributed by atoms with Gasteiger partial charge in [-0.25, -0.2) is 0 Å². The van der Waals surface area contributed by atoms with E-state index in [0.29, 0.717) is 0 Å². The lowest BCUT2D eigenvalue weighted by molar-refractivity contribution is 0.870. The Morgan fingerprint density at radius 1 is 1.67 bits per heavy atom. The predicted octanol–water partition coefficient (Wildman–Crippen LogP) is 1.08. The van der Waals surface area contributed by atoms with Crippen molar-refractivity contribution in [1.82, 2.24) is 0 Å². The van der Waals surface area contributed by atoms with E-state index in [1.54, 1.807) is 0 Å². The molecule has 9 heavy (non-hydrogen) atoms. The third kappa shape index (κ3) is 0.724. The highest BCUT2D eigenvalue weighted by molar-refractivity contribution is 5.30. The molecule has 2 aliphatic carbocycles. The van der Waals surface area contributed by atoms with Gasteiger partial charge in [-0.2, -0.15) is 0 Å². The first-order chi connectivity index (χ1) is 4.42. The van der Waals surface area contributed by atoms with Gasteiger partial charge in [-0.15, -0.1) is 0 Å². The molecule has 0 heterocycles. The molecule has 0 amide bonds. The molecule has 2 atom stereocenters.